The molecular weight excluding hydrogens is 420 g/mol. The van der Waals surface area contributed by atoms with E-state index in [-0.39, 0.29) is 29.0 Å². The third-order valence-corrected chi connectivity index (χ3v) is 5.86. The number of hydrogen-bond acceptors (Lipinski definition) is 7. The van der Waals surface area contributed by atoms with Crippen LogP contribution in [-0.4, -0.2) is 27.7 Å². The second-order valence-corrected chi connectivity index (χ2v) is 10.5. The van der Waals surface area contributed by atoms with E-state index >= 15 is 0 Å². The van der Waals surface area contributed by atoms with Crippen molar-refractivity contribution in [2.24, 2.45) is 0 Å². The molecule has 1 atom stereocenters. The van der Waals surface area contributed by atoms with Crippen molar-refractivity contribution < 1.29 is 14.6 Å². The Kier molecular flexibility index (Phi) is 6.08. The smallest absolute Gasteiger partial charge is 0.348 e. The van der Waals surface area contributed by atoms with Crippen molar-refractivity contribution in [1.29, 1.82) is 0 Å². The van der Waals surface area contributed by atoms with Crippen LogP contribution in [0, 0.1) is 0 Å². The maximum atomic E-state index is 13.1. The average molecular weight is 455 g/mol. The molecule has 2 aromatic rings. The van der Waals surface area contributed by atoms with Gasteiger partial charge in [-0.2, -0.15) is 4.98 Å². The second kappa shape index (κ2) is 8.24. The third-order valence-electron chi connectivity index (χ3n) is 5.86. The Labute approximate surface area is 194 Å². The summed E-state index contributed by atoms with van der Waals surface area (Å²) in [6.45, 7) is 15.8. The van der Waals surface area contributed by atoms with Crippen molar-refractivity contribution in [2.45, 2.75) is 72.1 Å². The van der Waals surface area contributed by atoms with Gasteiger partial charge in [0.05, 0.1) is 18.1 Å². The number of allylic oxidation sites excluding steroid dienone is 1. The van der Waals surface area contributed by atoms with Crippen LogP contribution in [0.25, 0.3) is 0 Å². The van der Waals surface area contributed by atoms with Gasteiger partial charge in [0.1, 0.15) is 17.4 Å². The Hall–Kier alpha value is -3.29. The number of phenols is 1. The monoisotopic (exact) mass is 454 g/mol. The molecule has 0 spiro atoms. The van der Waals surface area contributed by atoms with Crippen LogP contribution in [0.4, 0.5) is 11.6 Å². The van der Waals surface area contributed by atoms with Gasteiger partial charge in [0.15, 0.2) is 0 Å². The van der Waals surface area contributed by atoms with Crippen molar-refractivity contribution in [2.75, 3.05) is 17.7 Å². The molecule has 1 unspecified atom stereocenters. The van der Waals surface area contributed by atoms with Crippen LogP contribution in [0.5, 0.6) is 5.75 Å². The fourth-order valence-corrected chi connectivity index (χ4v) is 4.27. The molecule has 8 nitrogen and oxygen atoms in total. The first-order chi connectivity index (χ1) is 15.2. The lowest BCUT2D eigenvalue weighted by Crippen LogP contribution is -2.29. The van der Waals surface area contributed by atoms with E-state index in [4.69, 9.17) is 10.5 Å². The standard InChI is InChI=1S/C25H34N4O4/c1-9-33-22(31)16-12(2)27-21-18(20(26)28-23(32)29-21)17(16)13-10-14(24(3,4)5)19(30)15(11-13)25(6,7)8/h10-11,17,30H,9H2,1-8H3,(H4,26,27,28,29,32). The highest BCUT2D eigenvalue weighted by molar-refractivity contribution is 5.95. The number of benzene rings is 1. The maximum Gasteiger partial charge on any atom is 0.348 e. The highest BCUT2D eigenvalue weighted by Crippen LogP contribution is 2.47. The van der Waals surface area contributed by atoms with E-state index in [1.165, 1.54) is 0 Å². The van der Waals surface area contributed by atoms with Crippen LogP contribution in [0.15, 0.2) is 28.2 Å². The zero-order valence-corrected chi connectivity index (χ0v) is 20.6. The van der Waals surface area contributed by atoms with Gasteiger partial charge >= 0.3 is 11.7 Å². The molecule has 0 aliphatic carbocycles. The van der Waals surface area contributed by atoms with Crippen molar-refractivity contribution in [3.05, 3.63) is 56.1 Å². The number of anilines is 2. The Morgan fingerprint density at radius 2 is 1.70 bits per heavy atom. The third kappa shape index (κ3) is 4.47. The topological polar surface area (TPSA) is 130 Å². The number of aromatic hydroxyl groups is 1. The number of nitrogens with zero attached hydrogens (tertiary/aromatic N) is 1. The number of nitrogens with two attached hydrogens (primary N) is 1. The molecule has 1 aromatic heterocycles. The number of rotatable bonds is 3. The summed E-state index contributed by atoms with van der Waals surface area (Å²) in [5, 5.41) is 14.2. The Bertz CT molecular complexity index is 1160. The minimum atomic E-state index is -0.646. The van der Waals surface area contributed by atoms with Gasteiger partial charge in [-0.25, -0.2) is 9.59 Å². The van der Waals surface area contributed by atoms with Crippen LogP contribution in [-0.2, 0) is 20.4 Å². The number of nitrogens with one attached hydrogen (secondary N) is 2. The average Bonchev–Trinajstić information content (AvgIpc) is 2.65. The van der Waals surface area contributed by atoms with E-state index in [0.29, 0.717) is 22.7 Å². The number of aromatic amines is 1. The number of ether oxygens (including phenoxy) is 1. The number of H-pyrrole nitrogens is 1. The van der Waals surface area contributed by atoms with Gasteiger partial charge in [0.25, 0.3) is 0 Å². The van der Waals surface area contributed by atoms with Crippen molar-refractivity contribution >= 4 is 17.6 Å². The molecule has 8 heteroatoms. The number of carbonyl (C=O) groups is 1. The van der Waals surface area contributed by atoms with Crippen LogP contribution >= 0.6 is 0 Å². The lowest BCUT2D eigenvalue weighted by Gasteiger charge is -2.33. The summed E-state index contributed by atoms with van der Waals surface area (Å²) < 4.78 is 5.38. The molecule has 0 fully saturated rings. The molecule has 1 aliphatic rings. The predicted octanol–water partition coefficient (Wildman–Crippen LogP) is 4.05. The molecule has 178 valence electrons. The van der Waals surface area contributed by atoms with Gasteiger partial charge in [0.2, 0.25) is 0 Å². The van der Waals surface area contributed by atoms with Gasteiger partial charge in [-0.1, -0.05) is 53.7 Å². The molecule has 1 aliphatic heterocycles. The van der Waals surface area contributed by atoms with Crippen LogP contribution in [0.3, 0.4) is 0 Å². The summed E-state index contributed by atoms with van der Waals surface area (Å²) in [5.74, 6) is -0.466. The second-order valence-electron chi connectivity index (χ2n) is 10.5. The van der Waals surface area contributed by atoms with Gasteiger partial charge in [-0.15, -0.1) is 0 Å². The predicted molar refractivity (Wildman–Crippen MR) is 130 cm³/mol. The SMILES string of the molecule is CCOC(=O)C1=C(C)Nc2nc(=O)[nH]c(N)c2C1c1cc(C(C)(C)C)c(O)c(C(C)(C)C)c1. The Balaban J connectivity index is 2.44. The number of phenolic OH excluding ortho intramolecular Hbond substituents is 1. The molecule has 0 saturated heterocycles. The molecule has 2 heterocycles. The first-order valence-corrected chi connectivity index (χ1v) is 11.1. The lowest BCUT2D eigenvalue weighted by molar-refractivity contribution is -0.138. The maximum absolute atomic E-state index is 13.1. The highest BCUT2D eigenvalue weighted by Gasteiger charge is 2.38. The number of fused-ring (bicyclic) bond motifs is 1. The van der Waals surface area contributed by atoms with Crippen molar-refractivity contribution in [3.63, 3.8) is 0 Å². The molecule has 0 radical (unpaired) electrons. The number of hydrogen-bond donors (Lipinski definition) is 4. The Morgan fingerprint density at radius 3 is 2.18 bits per heavy atom. The minimum absolute atomic E-state index is 0.125. The summed E-state index contributed by atoms with van der Waals surface area (Å²) in [6, 6.07) is 3.81. The van der Waals surface area contributed by atoms with Crippen molar-refractivity contribution in [3.8, 4) is 5.75 Å². The summed E-state index contributed by atoms with van der Waals surface area (Å²) in [5.41, 5.74) is 8.63. The summed E-state index contributed by atoms with van der Waals surface area (Å²) in [7, 11) is 0. The first kappa shape index (κ1) is 24.4. The lowest BCUT2D eigenvalue weighted by atomic mass is 9.74. The van der Waals surface area contributed by atoms with Gasteiger partial charge < -0.3 is 20.9 Å². The first-order valence-electron chi connectivity index (χ1n) is 11.1. The quantitative estimate of drug-likeness (QED) is 0.515. The van der Waals surface area contributed by atoms with E-state index in [9.17, 15) is 14.7 Å². The fourth-order valence-electron chi connectivity index (χ4n) is 4.27. The molecule has 33 heavy (non-hydrogen) atoms. The highest BCUT2D eigenvalue weighted by atomic mass is 16.5. The van der Waals surface area contributed by atoms with Gasteiger partial charge in [-0.05, 0) is 41.4 Å². The van der Waals surface area contributed by atoms with E-state index in [1.54, 1.807) is 13.8 Å². The van der Waals surface area contributed by atoms with E-state index in [1.807, 2.05) is 53.7 Å². The van der Waals surface area contributed by atoms with Crippen LogP contribution < -0.4 is 16.7 Å². The minimum Gasteiger partial charge on any atom is -0.507 e. The largest absolute Gasteiger partial charge is 0.507 e. The summed E-state index contributed by atoms with van der Waals surface area (Å²) in [4.78, 5) is 31.7. The molecular formula is C25H34N4O4. The molecule has 3 rings (SSSR count). The number of carbonyl (C=O) groups excluding carboxylic acids is 1. The molecule has 0 bridgehead atoms. The zero-order chi connectivity index (χ0) is 24.9. The van der Waals surface area contributed by atoms with E-state index in [2.05, 4.69) is 15.3 Å². The molecule has 1 aromatic carbocycles. The molecule has 0 saturated carbocycles. The molecule has 0 amide bonds. The van der Waals surface area contributed by atoms with Gasteiger partial charge in [-0.3, -0.25) is 4.98 Å². The Morgan fingerprint density at radius 1 is 1.15 bits per heavy atom. The van der Waals surface area contributed by atoms with E-state index < -0.39 is 17.6 Å². The van der Waals surface area contributed by atoms with Crippen molar-refractivity contribution in [1.82, 2.24) is 9.97 Å². The van der Waals surface area contributed by atoms with Crippen LogP contribution in [0.1, 0.15) is 83.6 Å². The molecule has 5 N–H and O–H groups in total. The number of nitrogen functional groups attached to an aromatic ring is 1. The number of aromatic nitrogens is 2. The number of esters is 1. The van der Waals surface area contributed by atoms with E-state index in [0.717, 1.165) is 16.7 Å². The zero-order valence-electron chi connectivity index (χ0n) is 20.6. The van der Waals surface area contributed by atoms with Crippen LogP contribution in [0.2, 0.25) is 0 Å². The normalized spacial score (nSPS) is 16.3. The summed E-state index contributed by atoms with van der Waals surface area (Å²) in [6.07, 6.45) is 0. The fraction of sp³-hybridized carbons (Fsp3) is 0.480. The summed E-state index contributed by atoms with van der Waals surface area (Å²) >= 11 is 0. The van der Waals surface area contributed by atoms with Gasteiger partial charge in [0, 0.05) is 11.3 Å².